The first-order valence-electron chi connectivity index (χ1n) is 11.1. The van der Waals surface area contributed by atoms with Crippen molar-refractivity contribution in [3.05, 3.63) is 71.6 Å². The lowest BCUT2D eigenvalue weighted by Crippen LogP contribution is -2.53. The second-order valence-electron chi connectivity index (χ2n) is 8.98. The molecule has 0 radical (unpaired) electrons. The summed E-state index contributed by atoms with van der Waals surface area (Å²) in [7, 11) is 0. The van der Waals surface area contributed by atoms with Gasteiger partial charge in [-0.2, -0.15) is 5.26 Å². The molecule has 2 fully saturated rings. The number of carbonyl (C=O) groups is 2. The maximum absolute atomic E-state index is 13.5. The van der Waals surface area contributed by atoms with Gasteiger partial charge in [0.05, 0.1) is 17.6 Å². The van der Waals surface area contributed by atoms with E-state index in [1.54, 1.807) is 71.6 Å². The van der Waals surface area contributed by atoms with Crippen LogP contribution < -0.4 is 15.6 Å². The van der Waals surface area contributed by atoms with Gasteiger partial charge in [-0.25, -0.2) is 14.2 Å². The number of rotatable bonds is 5. The normalized spacial score (nSPS) is 24.8. The summed E-state index contributed by atoms with van der Waals surface area (Å²) in [4.78, 5) is 28.1. The number of halogens is 2. The Labute approximate surface area is 195 Å². The molecule has 0 bridgehead atoms. The van der Waals surface area contributed by atoms with E-state index in [1.165, 1.54) is 0 Å². The van der Waals surface area contributed by atoms with Gasteiger partial charge in [0.25, 0.3) is 11.8 Å². The van der Waals surface area contributed by atoms with Crippen molar-refractivity contribution in [2.75, 3.05) is 16.8 Å². The number of alkyl halides is 2. The molecule has 3 atom stereocenters. The third kappa shape index (κ3) is 4.01. The Morgan fingerprint density at radius 1 is 1.26 bits per heavy atom. The highest BCUT2D eigenvalue weighted by atomic mass is 19.3. The Balaban J connectivity index is 1.33. The minimum Gasteiger partial charge on any atom is -0.326 e. The van der Waals surface area contributed by atoms with Crippen LogP contribution in [0.25, 0.3) is 0 Å². The lowest BCUT2D eigenvalue weighted by Gasteiger charge is -2.36. The lowest BCUT2D eigenvalue weighted by molar-refractivity contribution is -0.129. The molecule has 1 aliphatic carbocycles. The van der Waals surface area contributed by atoms with E-state index in [2.05, 4.69) is 10.7 Å². The number of nitrogens with one attached hydrogen (secondary N) is 2. The predicted octanol–water partition coefficient (Wildman–Crippen LogP) is 3.41. The maximum atomic E-state index is 13.5. The van der Waals surface area contributed by atoms with Gasteiger partial charge in [-0.3, -0.25) is 14.5 Å². The predicted molar refractivity (Wildman–Crippen MR) is 121 cm³/mol. The number of allylic oxidation sites excluding steroid dienone is 1. The number of hydrogen-bond acceptors (Lipinski definition) is 5. The SMILES string of the molecule is CC1=CN2NCC(C(=O)Nc3cccc(C#N)c3)C2C(=O)N1c1ccc(CC2CC2(F)F)cc1. The topological polar surface area (TPSA) is 88.5 Å². The van der Waals surface area contributed by atoms with Gasteiger partial charge in [-0.05, 0) is 49.2 Å². The molecule has 2 amide bonds. The molecule has 3 aliphatic rings. The van der Waals surface area contributed by atoms with E-state index in [-0.39, 0.29) is 24.8 Å². The number of nitriles is 1. The molecule has 2 aromatic rings. The van der Waals surface area contributed by atoms with Crippen molar-refractivity contribution in [3.8, 4) is 6.07 Å². The van der Waals surface area contributed by atoms with Crippen molar-refractivity contribution in [2.24, 2.45) is 11.8 Å². The standard InChI is InChI=1S/C25H23F2N5O2/c1-15-14-31-22(21(13-29-31)23(33)30-19-4-2-3-17(10-19)12-28)24(34)32(15)20-7-5-16(6-8-20)9-18-11-25(18,26)27/h2-8,10,14,18,21-22,29H,9,11,13H2,1H3,(H,30,33). The minimum absolute atomic E-state index is 0.0734. The molecule has 9 heteroatoms. The molecule has 2 aliphatic heterocycles. The molecule has 2 N–H and O–H groups in total. The summed E-state index contributed by atoms with van der Waals surface area (Å²) in [6.07, 6.45) is 2.02. The Bertz CT molecular complexity index is 1220. The summed E-state index contributed by atoms with van der Waals surface area (Å²) in [6, 6.07) is 14.9. The zero-order valence-corrected chi connectivity index (χ0v) is 18.5. The molecule has 2 heterocycles. The molecule has 0 spiro atoms. The van der Waals surface area contributed by atoms with Crippen LogP contribution in [0.15, 0.2) is 60.4 Å². The summed E-state index contributed by atoms with van der Waals surface area (Å²) in [6.45, 7) is 2.08. The Hall–Kier alpha value is -3.77. The first-order valence-corrected chi connectivity index (χ1v) is 11.1. The van der Waals surface area contributed by atoms with E-state index in [0.29, 0.717) is 29.1 Å². The Morgan fingerprint density at radius 3 is 2.68 bits per heavy atom. The fraction of sp³-hybridized carbons (Fsp3) is 0.320. The van der Waals surface area contributed by atoms with Crippen LogP contribution in [-0.4, -0.2) is 35.3 Å². The van der Waals surface area contributed by atoms with Gasteiger partial charge in [-0.15, -0.1) is 0 Å². The monoisotopic (exact) mass is 463 g/mol. The van der Waals surface area contributed by atoms with Crippen LogP contribution in [-0.2, 0) is 16.0 Å². The first kappa shape index (κ1) is 22.0. The van der Waals surface area contributed by atoms with Crippen molar-refractivity contribution in [3.63, 3.8) is 0 Å². The molecular weight excluding hydrogens is 440 g/mol. The third-order valence-corrected chi connectivity index (χ3v) is 6.55. The average Bonchev–Trinajstić information content (AvgIpc) is 3.19. The number of nitrogens with zero attached hydrogens (tertiary/aromatic N) is 3. The fourth-order valence-electron chi connectivity index (χ4n) is 4.61. The number of hydrazine groups is 1. The van der Waals surface area contributed by atoms with E-state index in [0.717, 1.165) is 5.56 Å². The molecule has 5 rings (SSSR count). The molecule has 1 saturated carbocycles. The van der Waals surface area contributed by atoms with Crippen LogP contribution in [0, 0.1) is 23.2 Å². The van der Waals surface area contributed by atoms with Gasteiger partial charge >= 0.3 is 0 Å². The van der Waals surface area contributed by atoms with Crippen LogP contribution in [0.2, 0.25) is 0 Å². The highest BCUT2D eigenvalue weighted by molar-refractivity contribution is 6.05. The molecule has 7 nitrogen and oxygen atoms in total. The summed E-state index contributed by atoms with van der Waals surface area (Å²) >= 11 is 0. The summed E-state index contributed by atoms with van der Waals surface area (Å²) in [5.41, 5.74) is 6.13. The maximum Gasteiger partial charge on any atom is 0.256 e. The highest BCUT2D eigenvalue weighted by Crippen LogP contribution is 2.50. The van der Waals surface area contributed by atoms with Crippen molar-refractivity contribution in [2.45, 2.75) is 31.7 Å². The molecule has 3 unspecified atom stereocenters. The minimum atomic E-state index is -2.56. The van der Waals surface area contributed by atoms with E-state index >= 15 is 0 Å². The number of anilines is 2. The van der Waals surface area contributed by atoms with E-state index in [9.17, 15) is 18.4 Å². The van der Waals surface area contributed by atoms with E-state index in [1.807, 2.05) is 6.07 Å². The van der Waals surface area contributed by atoms with Gasteiger partial charge in [0.2, 0.25) is 5.91 Å². The summed E-state index contributed by atoms with van der Waals surface area (Å²) < 4.78 is 26.5. The van der Waals surface area contributed by atoms with Crippen LogP contribution in [0.3, 0.4) is 0 Å². The van der Waals surface area contributed by atoms with Crippen LogP contribution in [0.1, 0.15) is 24.5 Å². The van der Waals surface area contributed by atoms with Crippen molar-refractivity contribution in [1.29, 1.82) is 5.26 Å². The van der Waals surface area contributed by atoms with Crippen molar-refractivity contribution in [1.82, 2.24) is 10.4 Å². The average molecular weight is 463 g/mol. The smallest absolute Gasteiger partial charge is 0.256 e. The van der Waals surface area contributed by atoms with Crippen molar-refractivity contribution < 1.29 is 18.4 Å². The molecular formula is C25H23F2N5O2. The number of benzene rings is 2. The second-order valence-corrected chi connectivity index (χ2v) is 8.98. The fourth-order valence-corrected chi connectivity index (χ4v) is 4.61. The number of fused-ring (bicyclic) bond motifs is 1. The molecule has 174 valence electrons. The van der Waals surface area contributed by atoms with E-state index < -0.39 is 23.8 Å². The lowest BCUT2D eigenvalue weighted by atomic mass is 9.96. The summed E-state index contributed by atoms with van der Waals surface area (Å²) in [5.74, 6) is -4.40. The second kappa shape index (κ2) is 8.22. The molecule has 34 heavy (non-hydrogen) atoms. The highest BCUT2D eigenvalue weighted by Gasteiger charge is 2.56. The Morgan fingerprint density at radius 2 is 2.00 bits per heavy atom. The van der Waals surface area contributed by atoms with Gasteiger partial charge in [-0.1, -0.05) is 18.2 Å². The molecule has 0 aromatic heterocycles. The number of hydrogen-bond donors (Lipinski definition) is 2. The largest absolute Gasteiger partial charge is 0.326 e. The van der Waals surface area contributed by atoms with Gasteiger partial charge in [0.1, 0.15) is 6.04 Å². The zero-order chi connectivity index (χ0) is 24.0. The quantitative estimate of drug-likeness (QED) is 0.710. The Kier molecular flexibility index (Phi) is 5.33. The van der Waals surface area contributed by atoms with Gasteiger partial charge in [0, 0.05) is 42.2 Å². The van der Waals surface area contributed by atoms with Crippen molar-refractivity contribution >= 4 is 23.2 Å². The van der Waals surface area contributed by atoms with Crippen LogP contribution in [0.4, 0.5) is 20.2 Å². The van der Waals surface area contributed by atoms with Crippen LogP contribution in [0.5, 0.6) is 0 Å². The van der Waals surface area contributed by atoms with Crippen LogP contribution >= 0.6 is 0 Å². The summed E-state index contributed by atoms with van der Waals surface area (Å²) in [5, 5.41) is 13.5. The molecule has 1 saturated heterocycles. The van der Waals surface area contributed by atoms with Gasteiger partial charge in [0.15, 0.2) is 0 Å². The number of amides is 2. The molecule has 2 aromatic carbocycles. The van der Waals surface area contributed by atoms with E-state index in [4.69, 9.17) is 5.26 Å². The first-order chi connectivity index (χ1) is 16.3. The zero-order valence-electron chi connectivity index (χ0n) is 18.5. The number of carbonyl (C=O) groups excluding carboxylic acids is 2. The third-order valence-electron chi connectivity index (χ3n) is 6.55. The van der Waals surface area contributed by atoms with Gasteiger partial charge < -0.3 is 10.3 Å².